The summed E-state index contributed by atoms with van der Waals surface area (Å²) in [6.07, 6.45) is 3.02. The van der Waals surface area contributed by atoms with Gasteiger partial charge in [-0.05, 0) is 59.2 Å². The predicted molar refractivity (Wildman–Crippen MR) is 199 cm³/mol. The number of para-hydroxylation sites is 1. The number of rotatable bonds is 17. The first-order valence-electron chi connectivity index (χ1n) is 16.7. The highest BCUT2D eigenvalue weighted by Gasteiger charge is 2.31. The standard InChI is InChI=1S/C40H47N3O5S/c1-28(2)24-33(43(29(3)44)37-21-12-11-20-35(37)39(46)31-15-7-6-8-16-31)26-42(25-32-18-13-17-30-14-9-10-19-34(30)32)27-38(45)41-36(22-23-49-5)40(47)48-4/h6-21,28,33,36H,22-27H2,1-5H3,(H,41,45)/t33-,36-/m0/s1. The minimum atomic E-state index is -0.764. The second kappa shape index (κ2) is 18.3. The lowest BCUT2D eigenvalue weighted by Crippen LogP contribution is -2.51. The third-order valence-corrected chi connectivity index (χ3v) is 9.08. The summed E-state index contributed by atoms with van der Waals surface area (Å²) in [5.74, 6) is -0.275. The van der Waals surface area contributed by atoms with Gasteiger partial charge in [0.1, 0.15) is 6.04 Å². The number of hydrogen-bond donors (Lipinski definition) is 1. The van der Waals surface area contributed by atoms with Gasteiger partial charge < -0.3 is 15.0 Å². The molecule has 0 saturated heterocycles. The van der Waals surface area contributed by atoms with E-state index < -0.39 is 12.0 Å². The van der Waals surface area contributed by atoms with Crippen LogP contribution in [0, 0.1) is 5.92 Å². The smallest absolute Gasteiger partial charge is 0.328 e. The van der Waals surface area contributed by atoms with E-state index in [9.17, 15) is 19.2 Å². The number of nitrogens with one attached hydrogen (secondary N) is 1. The molecule has 0 fully saturated rings. The number of ether oxygens (including phenoxy) is 1. The monoisotopic (exact) mass is 681 g/mol. The van der Waals surface area contributed by atoms with E-state index in [1.807, 2.05) is 59.7 Å². The molecule has 4 aromatic rings. The van der Waals surface area contributed by atoms with Gasteiger partial charge in [0.05, 0.1) is 19.3 Å². The molecular weight excluding hydrogens is 635 g/mol. The van der Waals surface area contributed by atoms with Crippen molar-refractivity contribution in [2.24, 2.45) is 5.92 Å². The molecule has 0 aliphatic carbocycles. The lowest BCUT2D eigenvalue weighted by Gasteiger charge is -2.37. The van der Waals surface area contributed by atoms with Gasteiger partial charge in [0.2, 0.25) is 11.8 Å². The molecule has 9 heteroatoms. The number of carbonyl (C=O) groups excluding carboxylic acids is 4. The largest absolute Gasteiger partial charge is 0.467 e. The van der Waals surface area contributed by atoms with Crippen molar-refractivity contribution in [3.05, 3.63) is 114 Å². The molecule has 49 heavy (non-hydrogen) atoms. The summed E-state index contributed by atoms with van der Waals surface area (Å²) >= 11 is 1.59. The molecule has 0 spiro atoms. The molecule has 0 saturated carbocycles. The maximum absolute atomic E-state index is 13.8. The molecule has 0 radical (unpaired) electrons. The molecule has 4 rings (SSSR count). The van der Waals surface area contributed by atoms with Crippen molar-refractivity contribution < 1.29 is 23.9 Å². The summed E-state index contributed by atoms with van der Waals surface area (Å²) in [7, 11) is 1.32. The van der Waals surface area contributed by atoms with Crippen LogP contribution in [0.15, 0.2) is 97.1 Å². The van der Waals surface area contributed by atoms with E-state index >= 15 is 0 Å². The van der Waals surface area contributed by atoms with E-state index in [0.29, 0.717) is 48.5 Å². The third kappa shape index (κ3) is 10.3. The van der Waals surface area contributed by atoms with Gasteiger partial charge in [0.25, 0.3) is 0 Å². The number of ketones is 1. The Bertz CT molecular complexity index is 1720. The van der Waals surface area contributed by atoms with Gasteiger partial charge in [-0.15, -0.1) is 0 Å². The summed E-state index contributed by atoms with van der Waals surface area (Å²) in [5, 5.41) is 5.06. The predicted octanol–water partition coefficient (Wildman–Crippen LogP) is 6.75. The van der Waals surface area contributed by atoms with Crippen LogP contribution in [0.25, 0.3) is 10.8 Å². The maximum atomic E-state index is 13.8. The highest BCUT2D eigenvalue weighted by atomic mass is 32.2. The van der Waals surface area contributed by atoms with Crippen molar-refractivity contribution in [3.8, 4) is 0 Å². The number of fused-ring (bicyclic) bond motifs is 1. The Labute approximate surface area is 294 Å². The summed E-state index contributed by atoms with van der Waals surface area (Å²) in [6, 6.07) is 29.4. The average molecular weight is 682 g/mol. The van der Waals surface area contributed by atoms with E-state index in [-0.39, 0.29) is 36.1 Å². The minimum Gasteiger partial charge on any atom is -0.467 e. The Hall–Kier alpha value is -4.47. The Balaban J connectivity index is 1.74. The van der Waals surface area contributed by atoms with Crippen molar-refractivity contribution in [3.63, 3.8) is 0 Å². The molecule has 0 aliphatic heterocycles. The SMILES string of the molecule is COC(=O)[C@H](CCSC)NC(=O)CN(Cc1cccc2ccccc12)C[C@H](CC(C)C)N(C(C)=O)c1ccccc1C(=O)c1ccccc1. The van der Waals surface area contributed by atoms with Gasteiger partial charge in [-0.25, -0.2) is 4.79 Å². The number of esters is 1. The van der Waals surface area contributed by atoms with Crippen LogP contribution in [-0.2, 0) is 25.7 Å². The quantitative estimate of drug-likeness (QED) is 0.0973. The van der Waals surface area contributed by atoms with E-state index in [1.54, 1.807) is 40.9 Å². The number of benzene rings is 4. The molecule has 2 atom stereocenters. The fourth-order valence-electron chi connectivity index (χ4n) is 6.27. The molecule has 258 valence electrons. The van der Waals surface area contributed by atoms with Crippen molar-refractivity contribution in [2.75, 3.05) is 37.1 Å². The Kier molecular flexibility index (Phi) is 14.0. The van der Waals surface area contributed by atoms with Crippen LogP contribution in [0.5, 0.6) is 0 Å². The van der Waals surface area contributed by atoms with Gasteiger partial charge >= 0.3 is 5.97 Å². The second-order valence-electron chi connectivity index (χ2n) is 12.6. The molecule has 0 aromatic heterocycles. The molecular formula is C40H47N3O5S. The van der Waals surface area contributed by atoms with Crippen molar-refractivity contribution in [1.82, 2.24) is 10.2 Å². The second-order valence-corrected chi connectivity index (χ2v) is 13.6. The van der Waals surface area contributed by atoms with Crippen LogP contribution in [0.4, 0.5) is 5.69 Å². The van der Waals surface area contributed by atoms with Crippen LogP contribution in [0.2, 0.25) is 0 Å². The van der Waals surface area contributed by atoms with Crippen LogP contribution >= 0.6 is 11.8 Å². The van der Waals surface area contributed by atoms with Gasteiger partial charge in [0.15, 0.2) is 5.78 Å². The lowest BCUT2D eigenvalue weighted by molar-refractivity contribution is -0.145. The highest BCUT2D eigenvalue weighted by molar-refractivity contribution is 7.98. The molecule has 0 bridgehead atoms. The summed E-state index contributed by atoms with van der Waals surface area (Å²) in [5.41, 5.74) is 2.54. The van der Waals surface area contributed by atoms with Gasteiger partial charge in [-0.1, -0.05) is 98.8 Å². The van der Waals surface area contributed by atoms with Gasteiger partial charge in [-0.3, -0.25) is 19.3 Å². The Morgan fingerprint density at radius 3 is 2.22 bits per heavy atom. The highest BCUT2D eigenvalue weighted by Crippen LogP contribution is 2.29. The van der Waals surface area contributed by atoms with Gasteiger partial charge in [-0.2, -0.15) is 11.8 Å². The zero-order valence-corrected chi connectivity index (χ0v) is 29.9. The van der Waals surface area contributed by atoms with E-state index in [4.69, 9.17) is 4.74 Å². The number of anilines is 1. The molecule has 8 nitrogen and oxygen atoms in total. The van der Waals surface area contributed by atoms with E-state index in [2.05, 4.69) is 43.4 Å². The fourth-order valence-corrected chi connectivity index (χ4v) is 6.75. The van der Waals surface area contributed by atoms with Crippen LogP contribution in [-0.4, -0.2) is 72.8 Å². The van der Waals surface area contributed by atoms with Crippen molar-refractivity contribution in [2.45, 2.75) is 52.2 Å². The van der Waals surface area contributed by atoms with Crippen molar-refractivity contribution >= 4 is 51.8 Å². The van der Waals surface area contributed by atoms with E-state index in [1.165, 1.54) is 14.0 Å². The normalized spacial score (nSPS) is 12.5. The Morgan fingerprint density at radius 2 is 1.53 bits per heavy atom. The van der Waals surface area contributed by atoms with Crippen LogP contribution in [0.3, 0.4) is 0 Å². The lowest BCUT2D eigenvalue weighted by atomic mass is 9.97. The molecule has 0 heterocycles. The number of carbonyl (C=O) groups is 4. The summed E-state index contributed by atoms with van der Waals surface area (Å²) < 4.78 is 4.99. The molecule has 2 amide bonds. The maximum Gasteiger partial charge on any atom is 0.328 e. The first-order chi connectivity index (χ1) is 23.6. The number of thioether (sulfide) groups is 1. The number of methoxy groups -OCH3 is 1. The topological polar surface area (TPSA) is 96.0 Å². The van der Waals surface area contributed by atoms with Crippen LogP contribution < -0.4 is 10.2 Å². The first-order valence-corrected chi connectivity index (χ1v) is 18.1. The summed E-state index contributed by atoms with van der Waals surface area (Å²) in [6.45, 7) is 6.47. The minimum absolute atomic E-state index is 0.0130. The van der Waals surface area contributed by atoms with Crippen molar-refractivity contribution in [1.29, 1.82) is 0 Å². The molecule has 1 N–H and O–H groups in total. The summed E-state index contributed by atoms with van der Waals surface area (Å²) in [4.78, 5) is 57.4. The Morgan fingerprint density at radius 1 is 0.857 bits per heavy atom. The number of hydrogen-bond acceptors (Lipinski definition) is 7. The number of amides is 2. The van der Waals surface area contributed by atoms with Crippen LogP contribution in [0.1, 0.15) is 55.1 Å². The van der Waals surface area contributed by atoms with E-state index in [0.717, 1.165) is 16.3 Å². The fraction of sp³-hybridized carbons (Fsp3) is 0.350. The average Bonchev–Trinajstić information content (AvgIpc) is 3.09. The first kappa shape index (κ1) is 37.4. The molecule has 0 aliphatic rings. The third-order valence-electron chi connectivity index (χ3n) is 8.43. The molecule has 0 unspecified atom stereocenters. The number of nitrogens with zero attached hydrogens (tertiary/aromatic N) is 2. The van der Waals surface area contributed by atoms with Gasteiger partial charge in [0, 0.05) is 37.2 Å². The zero-order chi connectivity index (χ0) is 35.3. The molecule has 4 aromatic carbocycles. The zero-order valence-electron chi connectivity index (χ0n) is 29.1.